The molecule has 4 amide bonds. The molecule has 0 heterocycles. The lowest BCUT2D eigenvalue weighted by molar-refractivity contribution is -0.134. The Kier molecular flexibility index (Phi) is 16.7. The molecule has 246 valence electrons. The van der Waals surface area contributed by atoms with Gasteiger partial charge in [0.25, 0.3) is 0 Å². The van der Waals surface area contributed by atoms with Crippen LogP contribution in [0.2, 0.25) is 0 Å². The summed E-state index contributed by atoms with van der Waals surface area (Å²) in [7, 11) is 0. The van der Waals surface area contributed by atoms with Crippen LogP contribution in [-0.4, -0.2) is 66.8 Å². The molecule has 0 fully saturated rings. The van der Waals surface area contributed by atoms with Gasteiger partial charge in [0, 0.05) is 19.5 Å². The standard InChI is InChI=1S/C33H50N8O4/c1-3-5-17-27(31(44)39-26(30(43)37-19-4-2)18-12-20-38-33(35)36)40-32(45)28(22-24-15-10-7-11-16-24)41-29(42)25(34)21-23-13-8-6-9-14-23/h6-11,13-16,25-28H,3-5,12,17-22,34H2,1-2H3,(H,37,43)(H,39,44)(H,40,45)(H,41,42)(H4,35,36,38)/t25-,26-,27-,28-/m1/s1. The summed E-state index contributed by atoms with van der Waals surface area (Å²) in [4.78, 5) is 57.3. The lowest BCUT2D eigenvalue weighted by atomic mass is 10.0. The van der Waals surface area contributed by atoms with Gasteiger partial charge in [-0.15, -0.1) is 0 Å². The Morgan fingerprint density at radius 1 is 0.667 bits per heavy atom. The molecule has 0 spiro atoms. The Bertz CT molecular complexity index is 1220. The first-order valence-corrected chi connectivity index (χ1v) is 15.7. The average molecular weight is 623 g/mol. The van der Waals surface area contributed by atoms with E-state index >= 15 is 0 Å². The highest BCUT2D eigenvalue weighted by molar-refractivity contribution is 5.95. The lowest BCUT2D eigenvalue weighted by Crippen LogP contribution is -2.58. The number of nitrogens with one attached hydrogen (secondary N) is 4. The Morgan fingerprint density at radius 2 is 1.18 bits per heavy atom. The van der Waals surface area contributed by atoms with E-state index in [1.165, 1.54) is 0 Å². The maximum atomic E-state index is 13.7. The quantitative estimate of drug-likeness (QED) is 0.0648. The van der Waals surface area contributed by atoms with E-state index < -0.39 is 41.9 Å². The maximum Gasteiger partial charge on any atom is 0.243 e. The van der Waals surface area contributed by atoms with Gasteiger partial charge in [0.05, 0.1) is 6.04 Å². The van der Waals surface area contributed by atoms with Gasteiger partial charge in [0.1, 0.15) is 18.1 Å². The molecular weight excluding hydrogens is 572 g/mol. The van der Waals surface area contributed by atoms with Crippen LogP contribution in [0.4, 0.5) is 0 Å². The van der Waals surface area contributed by atoms with Crippen molar-refractivity contribution in [2.75, 3.05) is 13.1 Å². The highest BCUT2D eigenvalue weighted by Crippen LogP contribution is 2.09. The van der Waals surface area contributed by atoms with E-state index in [0.29, 0.717) is 45.2 Å². The average Bonchev–Trinajstić information content (AvgIpc) is 3.03. The fourth-order valence-corrected chi connectivity index (χ4v) is 4.66. The van der Waals surface area contributed by atoms with Crippen molar-refractivity contribution >= 4 is 29.6 Å². The van der Waals surface area contributed by atoms with Crippen molar-refractivity contribution in [3.05, 3.63) is 71.8 Å². The predicted octanol–water partition coefficient (Wildman–Crippen LogP) is 1.02. The summed E-state index contributed by atoms with van der Waals surface area (Å²) < 4.78 is 0. The van der Waals surface area contributed by atoms with Gasteiger partial charge >= 0.3 is 0 Å². The number of guanidine groups is 1. The molecule has 0 bridgehead atoms. The van der Waals surface area contributed by atoms with Crippen LogP contribution in [0.1, 0.15) is 63.5 Å². The van der Waals surface area contributed by atoms with Crippen molar-refractivity contribution in [1.29, 1.82) is 0 Å². The van der Waals surface area contributed by atoms with Crippen LogP contribution in [0, 0.1) is 0 Å². The third-order valence-electron chi connectivity index (χ3n) is 7.16. The van der Waals surface area contributed by atoms with Gasteiger partial charge in [-0.1, -0.05) is 87.4 Å². The number of hydrogen-bond acceptors (Lipinski definition) is 6. The molecule has 4 atom stereocenters. The molecule has 2 rings (SSSR count). The number of carbonyl (C=O) groups is 4. The van der Waals surface area contributed by atoms with Crippen molar-refractivity contribution < 1.29 is 19.2 Å². The summed E-state index contributed by atoms with van der Waals surface area (Å²) in [5, 5.41) is 11.3. The number of amides is 4. The first-order chi connectivity index (χ1) is 21.6. The first-order valence-electron chi connectivity index (χ1n) is 15.7. The van der Waals surface area contributed by atoms with Crippen molar-refractivity contribution in [2.24, 2.45) is 22.2 Å². The van der Waals surface area contributed by atoms with Crippen LogP contribution in [0.15, 0.2) is 65.7 Å². The zero-order valence-electron chi connectivity index (χ0n) is 26.5. The molecule has 0 radical (unpaired) electrons. The van der Waals surface area contributed by atoms with Gasteiger partial charge in [-0.2, -0.15) is 0 Å². The Labute approximate surface area is 266 Å². The number of nitrogens with two attached hydrogens (primary N) is 3. The highest BCUT2D eigenvalue weighted by Gasteiger charge is 2.30. The normalized spacial score (nSPS) is 13.4. The number of benzene rings is 2. The number of carbonyl (C=O) groups excluding carboxylic acids is 4. The number of nitrogens with zero attached hydrogens (tertiary/aromatic N) is 1. The molecule has 45 heavy (non-hydrogen) atoms. The van der Waals surface area contributed by atoms with E-state index in [9.17, 15) is 19.2 Å². The zero-order valence-corrected chi connectivity index (χ0v) is 26.5. The van der Waals surface area contributed by atoms with Crippen LogP contribution < -0.4 is 38.5 Å². The Morgan fingerprint density at radius 3 is 1.73 bits per heavy atom. The first kappa shape index (κ1) is 36.7. The molecule has 12 nitrogen and oxygen atoms in total. The van der Waals surface area contributed by atoms with Crippen LogP contribution in [0.25, 0.3) is 0 Å². The molecule has 2 aromatic rings. The van der Waals surface area contributed by atoms with Crippen LogP contribution in [0.3, 0.4) is 0 Å². The fourth-order valence-electron chi connectivity index (χ4n) is 4.66. The number of hydrogen-bond donors (Lipinski definition) is 7. The molecule has 0 saturated carbocycles. The minimum absolute atomic E-state index is 0.0495. The second-order valence-electron chi connectivity index (χ2n) is 11.1. The summed E-state index contributed by atoms with van der Waals surface area (Å²) in [5.41, 5.74) is 18.8. The van der Waals surface area contributed by atoms with Crippen molar-refractivity contribution in [1.82, 2.24) is 21.3 Å². The van der Waals surface area contributed by atoms with Gasteiger partial charge in [0.2, 0.25) is 23.6 Å². The zero-order chi connectivity index (χ0) is 33.0. The summed E-state index contributed by atoms with van der Waals surface area (Å²) in [6.07, 6.45) is 3.81. The Balaban J connectivity index is 2.20. The van der Waals surface area contributed by atoms with Crippen molar-refractivity contribution in [2.45, 2.75) is 89.4 Å². The van der Waals surface area contributed by atoms with Gasteiger partial charge in [-0.3, -0.25) is 24.2 Å². The Hall–Kier alpha value is -4.45. The van der Waals surface area contributed by atoms with Gasteiger partial charge < -0.3 is 38.5 Å². The third-order valence-corrected chi connectivity index (χ3v) is 7.16. The van der Waals surface area contributed by atoms with Crippen LogP contribution in [0.5, 0.6) is 0 Å². The fraction of sp³-hybridized carbons (Fsp3) is 0.485. The molecule has 0 unspecified atom stereocenters. The minimum Gasteiger partial charge on any atom is -0.370 e. The summed E-state index contributed by atoms with van der Waals surface area (Å²) in [6, 6.07) is 15.0. The van der Waals surface area contributed by atoms with Gasteiger partial charge in [-0.25, -0.2) is 0 Å². The maximum absolute atomic E-state index is 13.7. The van der Waals surface area contributed by atoms with Crippen molar-refractivity contribution in [3.8, 4) is 0 Å². The van der Waals surface area contributed by atoms with Crippen molar-refractivity contribution in [3.63, 3.8) is 0 Å². The molecule has 12 heteroatoms. The monoisotopic (exact) mass is 622 g/mol. The lowest BCUT2D eigenvalue weighted by Gasteiger charge is -2.26. The van der Waals surface area contributed by atoms with Crippen LogP contribution >= 0.6 is 0 Å². The topological polar surface area (TPSA) is 207 Å². The molecular formula is C33H50N8O4. The number of aliphatic imine (C=N–C) groups is 1. The summed E-state index contributed by atoms with van der Waals surface area (Å²) in [6.45, 7) is 4.68. The van der Waals surface area contributed by atoms with E-state index in [-0.39, 0.29) is 18.3 Å². The molecule has 0 aliphatic heterocycles. The highest BCUT2D eigenvalue weighted by atomic mass is 16.2. The summed E-state index contributed by atoms with van der Waals surface area (Å²) >= 11 is 0. The molecule has 0 aromatic heterocycles. The molecule has 0 aliphatic rings. The van der Waals surface area contributed by atoms with E-state index in [0.717, 1.165) is 24.0 Å². The molecule has 10 N–H and O–H groups in total. The number of rotatable bonds is 20. The summed E-state index contributed by atoms with van der Waals surface area (Å²) in [5.74, 6) is -1.85. The predicted molar refractivity (Wildman–Crippen MR) is 177 cm³/mol. The second-order valence-corrected chi connectivity index (χ2v) is 11.1. The van der Waals surface area contributed by atoms with E-state index in [2.05, 4.69) is 26.3 Å². The minimum atomic E-state index is -0.984. The second kappa shape index (κ2) is 20.5. The SMILES string of the molecule is CCCC[C@@H](NC(=O)[C@@H](Cc1ccccc1)NC(=O)[C@H](N)Cc1ccccc1)C(=O)N[C@H](CCCN=C(N)N)C(=O)NCCC. The van der Waals surface area contributed by atoms with Crippen LogP contribution in [-0.2, 0) is 32.0 Å². The largest absolute Gasteiger partial charge is 0.370 e. The van der Waals surface area contributed by atoms with E-state index in [1.807, 2.05) is 74.5 Å². The van der Waals surface area contributed by atoms with Gasteiger partial charge in [0.15, 0.2) is 5.96 Å². The molecule has 0 saturated heterocycles. The van der Waals surface area contributed by atoms with E-state index in [1.54, 1.807) is 0 Å². The third kappa shape index (κ3) is 14.3. The van der Waals surface area contributed by atoms with Gasteiger partial charge in [-0.05, 0) is 43.2 Å². The molecule has 2 aromatic carbocycles. The molecule has 0 aliphatic carbocycles. The number of unbranched alkanes of at least 4 members (excludes halogenated alkanes) is 1. The van der Waals surface area contributed by atoms with E-state index in [4.69, 9.17) is 17.2 Å². The smallest absolute Gasteiger partial charge is 0.243 e.